The van der Waals surface area contributed by atoms with Crippen molar-refractivity contribution in [2.45, 2.75) is 58.3 Å². The quantitative estimate of drug-likeness (QED) is 0.572. The molecule has 1 N–H and O–H groups in total. The van der Waals surface area contributed by atoms with Gasteiger partial charge in [-0.3, -0.25) is 0 Å². The van der Waals surface area contributed by atoms with Gasteiger partial charge < -0.3 is 5.11 Å². The van der Waals surface area contributed by atoms with Crippen LogP contribution in [0.4, 0.5) is 0 Å². The first-order valence-electron chi connectivity index (χ1n) is 8.63. The zero-order valence-corrected chi connectivity index (χ0v) is 13.7. The third kappa shape index (κ3) is 5.93. The number of phenols is 1. The van der Waals surface area contributed by atoms with Crippen molar-refractivity contribution in [3.63, 3.8) is 0 Å². The Morgan fingerprint density at radius 1 is 0.636 bits per heavy atom. The first kappa shape index (κ1) is 16.6. The van der Waals surface area contributed by atoms with Gasteiger partial charge in [0.05, 0.1) is 0 Å². The van der Waals surface area contributed by atoms with Gasteiger partial charge in [-0.05, 0) is 48.1 Å². The molecule has 1 heteroatoms. The van der Waals surface area contributed by atoms with Gasteiger partial charge >= 0.3 is 0 Å². The minimum Gasteiger partial charge on any atom is -0.508 e. The summed E-state index contributed by atoms with van der Waals surface area (Å²) in [6.07, 6.45) is 10.3. The van der Waals surface area contributed by atoms with Crippen LogP contribution in [0.3, 0.4) is 0 Å². The SMILES string of the molecule is CCCCCCCCc1ccc(Cc2ccc(O)cc2)cc1. The van der Waals surface area contributed by atoms with Gasteiger partial charge in [-0.15, -0.1) is 0 Å². The van der Waals surface area contributed by atoms with Crippen LogP contribution in [0.2, 0.25) is 0 Å². The van der Waals surface area contributed by atoms with E-state index in [0.29, 0.717) is 5.75 Å². The molecule has 0 heterocycles. The van der Waals surface area contributed by atoms with E-state index < -0.39 is 0 Å². The minimum absolute atomic E-state index is 0.332. The number of unbranched alkanes of at least 4 members (excludes halogenated alkanes) is 5. The van der Waals surface area contributed by atoms with Gasteiger partial charge in [-0.1, -0.05) is 75.4 Å². The highest BCUT2D eigenvalue weighted by Crippen LogP contribution is 2.16. The number of aryl methyl sites for hydroxylation is 1. The molecule has 0 radical (unpaired) electrons. The predicted molar refractivity (Wildman–Crippen MR) is 94.4 cm³/mol. The summed E-state index contributed by atoms with van der Waals surface area (Å²) in [6, 6.07) is 16.5. The summed E-state index contributed by atoms with van der Waals surface area (Å²) in [5.41, 5.74) is 4.02. The number of hydrogen-bond acceptors (Lipinski definition) is 1. The molecule has 2 aromatic carbocycles. The number of benzene rings is 2. The second kappa shape index (κ2) is 9.30. The highest BCUT2D eigenvalue weighted by molar-refractivity contribution is 5.32. The fraction of sp³-hybridized carbons (Fsp3) is 0.429. The zero-order valence-electron chi connectivity index (χ0n) is 13.7. The van der Waals surface area contributed by atoms with Crippen LogP contribution in [0.15, 0.2) is 48.5 Å². The van der Waals surface area contributed by atoms with Crippen LogP contribution >= 0.6 is 0 Å². The van der Waals surface area contributed by atoms with Crippen molar-refractivity contribution in [1.82, 2.24) is 0 Å². The summed E-state index contributed by atoms with van der Waals surface area (Å²) in [7, 11) is 0. The Bertz CT molecular complexity index is 525. The van der Waals surface area contributed by atoms with Crippen LogP contribution in [-0.2, 0) is 12.8 Å². The van der Waals surface area contributed by atoms with E-state index in [1.54, 1.807) is 12.1 Å². The van der Waals surface area contributed by atoms with Crippen LogP contribution in [-0.4, -0.2) is 5.11 Å². The normalized spacial score (nSPS) is 10.8. The molecule has 0 unspecified atom stereocenters. The topological polar surface area (TPSA) is 20.2 Å². The van der Waals surface area contributed by atoms with Gasteiger partial charge in [0, 0.05) is 0 Å². The Balaban J connectivity index is 1.74. The Morgan fingerprint density at radius 2 is 1.14 bits per heavy atom. The second-order valence-electron chi connectivity index (χ2n) is 6.18. The highest BCUT2D eigenvalue weighted by atomic mass is 16.3. The van der Waals surface area contributed by atoms with Crippen LogP contribution in [0.1, 0.15) is 62.1 Å². The molecular weight excluding hydrogens is 268 g/mol. The van der Waals surface area contributed by atoms with Crippen molar-refractivity contribution in [2.24, 2.45) is 0 Å². The van der Waals surface area contributed by atoms with Crippen molar-refractivity contribution in [2.75, 3.05) is 0 Å². The lowest BCUT2D eigenvalue weighted by Gasteiger charge is -2.05. The number of hydrogen-bond donors (Lipinski definition) is 1. The highest BCUT2D eigenvalue weighted by Gasteiger charge is 1.99. The van der Waals surface area contributed by atoms with Crippen molar-refractivity contribution >= 4 is 0 Å². The van der Waals surface area contributed by atoms with Crippen molar-refractivity contribution in [3.05, 3.63) is 65.2 Å². The van der Waals surface area contributed by atoms with Crippen LogP contribution < -0.4 is 0 Å². The average molecular weight is 296 g/mol. The van der Waals surface area contributed by atoms with E-state index in [-0.39, 0.29) is 0 Å². The second-order valence-corrected chi connectivity index (χ2v) is 6.18. The van der Waals surface area contributed by atoms with E-state index in [4.69, 9.17) is 0 Å². The van der Waals surface area contributed by atoms with Gasteiger partial charge in [-0.2, -0.15) is 0 Å². The molecule has 0 aliphatic heterocycles. The summed E-state index contributed by atoms with van der Waals surface area (Å²) < 4.78 is 0. The first-order valence-corrected chi connectivity index (χ1v) is 8.63. The average Bonchev–Trinajstić information content (AvgIpc) is 2.54. The van der Waals surface area contributed by atoms with E-state index in [9.17, 15) is 5.11 Å². The van der Waals surface area contributed by atoms with E-state index in [1.165, 1.54) is 61.6 Å². The molecule has 118 valence electrons. The Kier molecular flexibility index (Phi) is 7.02. The molecule has 0 spiro atoms. The maximum atomic E-state index is 9.31. The molecule has 2 aromatic rings. The third-order valence-electron chi connectivity index (χ3n) is 4.19. The summed E-state index contributed by atoms with van der Waals surface area (Å²) in [5.74, 6) is 0.332. The predicted octanol–water partition coefficient (Wildman–Crippen LogP) is 5.89. The molecule has 22 heavy (non-hydrogen) atoms. The van der Waals surface area contributed by atoms with Gasteiger partial charge in [0.1, 0.15) is 5.75 Å². The van der Waals surface area contributed by atoms with E-state index in [2.05, 4.69) is 31.2 Å². The summed E-state index contributed by atoms with van der Waals surface area (Å²) in [6.45, 7) is 2.26. The van der Waals surface area contributed by atoms with Crippen LogP contribution in [0.5, 0.6) is 5.75 Å². The minimum atomic E-state index is 0.332. The first-order chi connectivity index (χ1) is 10.8. The lowest BCUT2D eigenvalue weighted by Crippen LogP contribution is -1.90. The number of aromatic hydroxyl groups is 1. The molecular formula is C21H28O. The van der Waals surface area contributed by atoms with Gasteiger partial charge in [-0.25, -0.2) is 0 Å². The molecule has 0 aliphatic carbocycles. The molecule has 1 nitrogen and oxygen atoms in total. The zero-order chi connectivity index (χ0) is 15.6. The Hall–Kier alpha value is -1.76. The lowest BCUT2D eigenvalue weighted by molar-refractivity contribution is 0.475. The molecule has 0 amide bonds. The van der Waals surface area contributed by atoms with E-state index >= 15 is 0 Å². The number of phenolic OH excluding ortho intramolecular Hbond substituents is 1. The standard InChI is InChI=1S/C21H28O/c1-2-3-4-5-6-7-8-18-9-11-19(12-10-18)17-20-13-15-21(22)16-14-20/h9-16,22H,2-8,17H2,1H3. The largest absolute Gasteiger partial charge is 0.508 e. The van der Waals surface area contributed by atoms with E-state index in [0.717, 1.165) is 6.42 Å². The van der Waals surface area contributed by atoms with Gasteiger partial charge in [0.2, 0.25) is 0 Å². The van der Waals surface area contributed by atoms with Crippen molar-refractivity contribution < 1.29 is 5.11 Å². The van der Waals surface area contributed by atoms with Gasteiger partial charge in [0.15, 0.2) is 0 Å². The molecule has 0 bridgehead atoms. The maximum Gasteiger partial charge on any atom is 0.115 e. The summed E-state index contributed by atoms with van der Waals surface area (Å²) >= 11 is 0. The fourth-order valence-corrected chi connectivity index (χ4v) is 2.78. The third-order valence-corrected chi connectivity index (χ3v) is 4.19. The molecule has 0 atom stereocenters. The molecule has 2 rings (SSSR count). The molecule has 0 aliphatic rings. The Labute approximate surface area is 135 Å². The molecule has 0 saturated heterocycles. The summed E-state index contributed by atoms with van der Waals surface area (Å²) in [5, 5.41) is 9.31. The maximum absolute atomic E-state index is 9.31. The molecule has 0 saturated carbocycles. The van der Waals surface area contributed by atoms with Crippen LogP contribution in [0.25, 0.3) is 0 Å². The smallest absolute Gasteiger partial charge is 0.115 e. The summed E-state index contributed by atoms with van der Waals surface area (Å²) in [4.78, 5) is 0. The molecule has 0 fully saturated rings. The Morgan fingerprint density at radius 3 is 1.77 bits per heavy atom. The monoisotopic (exact) mass is 296 g/mol. The van der Waals surface area contributed by atoms with E-state index in [1.807, 2.05) is 12.1 Å². The lowest BCUT2D eigenvalue weighted by atomic mass is 10.0. The van der Waals surface area contributed by atoms with Crippen molar-refractivity contribution in [1.29, 1.82) is 0 Å². The van der Waals surface area contributed by atoms with Crippen LogP contribution in [0, 0.1) is 0 Å². The van der Waals surface area contributed by atoms with Crippen molar-refractivity contribution in [3.8, 4) is 5.75 Å². The molecule has 0 aromatic heterocycles. The fourth-order valence-electron chi connectivity index (χ4n) is 2.78. The van der Waals surface area contributed by atoms with Gasteiger partial charge in [0.25, 0.3) is 0 Å². The number of rotatable bonds is 9.